The summed E-state index contributed by atoms with van der Waals surface area (Å²) in [7, 11) is 3.26. The molecule has 2 aromatic carbocycles. The third kappa shape index (κ3) is 3.50. The maximum Gasteiger partial charge on any atom is 0.342 e. The number of anilines is 1. The zero-order valence-electron chi connectivity index (χ0n) is 19.1. The average Bonchev–Trinajstić information content (AvgIpc) is 3.36. The number of amides is 2. The number of aryl methyl sites for hydroxylation is 2. The van der Waals surface area contributed by atoms with Crippen LogP contribution in [0.5, 0.6) is 11.5 Å². The van der Waals surface area contributed by atoms with Gasteiger partial charge in [0.05, 0.1) is 26.0 Å². The lowest BCUT2D eigenvalue weighted by molar-refractivity contribution is 0.190. The van der Waals surface area contributed by atoms with E-state index in [0.29, 0.717) is 11.5 Å². The van der Waals surface area contributed by atoms with Crippen LogP contribution in [0, 0.1) is 19.8 Å². The quantitative estimate of drug-likeness (QED) is 0.625. The summed E-state index contributed by atoms with van der Waals surface area (Å²) < 4.78 is 11.0. The Morgan fingerprint density at radius 2 is 1.70 bits per heavy atom. The van der Waals surface area contributed by atoms with E-state index in [9.17, 15) is 4.79 Å². The number of carbonyl (C=O) groups is 1. The molecule has 5 rings (SSSR count). The van der Waals surface area contributed by atoms with Crippen molar-refractivity contribution in [3.63, 3.8) is 0 Å². The van der Waals surface area contributed by atoms with Gasteiger partial charge >= 0.3 is 6.03 Å². The third-order valence-corrected chi connectivity index (χ3v) is 6.51. The molecule has 2 aliphatic rings. The molecule has 168 valence electrons. The first-order valence-electron chi connectivity index (χ1n) is 10.9. The van der Waals surface area contributed by atoms with Gasteiger partial charge in [-0.15, -0.1) is 0 Å². The van der Waals surface area contributed by atoms with Crippen LogP contribution in [0.2, 0.25) is 0 Å². The highest BCUT2D eigenvalue weighted by Crippen LogP contribution is 2.47. The molecule has 33 heavy (non-hydrogen) atoms. The first-order chi connectivity index (χ1) is 16.0. The number of hydrogen-bond acceptors (Lipinski definition) is 5. The van der Waals surface area contributed by atoms with Gasteiger partial charge in [0.15, 0.2) is 11.5 Å². The maximum atomic E-state index is 13.5. The summed E-state index contributed by atoms with van der Waals surface area (Å²) in [4.78, 5) is 17.7. The molecule has 0 spiro atoms. The van der Waals surface area contributed by atoms with E-state index in [1.54, 1.807) is 31.6 Å². The first-order valence-corrected chi connectivity index (χ1v) is 10.9. The van der Waals surface area contributed by atoms with Gasteiger partial charge in [-0.05, 0) is 66.8 Å². The molecule has 2 heterocycles. The number of nitrogens with zero attached hydrogens (tertiary/aromatic N) is 3. The van der Waals surface area contributed by atoms with E-state index in [1.807, 2.05) is 56.3 Å². The molecule has 0 radical (unpaired) electrons. The number of nitrogens with one attached hydrogen (secondary N) is 1. The summed E-state index contributed by atoms with van der Waals surface area (Å²) in [6.07, 6.45) is 4.26. The fraction of sp³-hybridized carbons (Fsp3) is 0.269. The minimum atomic E-state index is -0.252. The Labute approximate surface area is 193 Å². The van der Waals surface area contributed by atoms with Crippen LogP contribution < -0.4 is 14.8 Å². The highest BCUT2D eigenvalue weighted by atomic mass is 16.5. The topological polar surface area (TPSA) is 76.1 Å². The number of urea groups is 1. The Bertz CT molecular complexity index is 1240. The molecule has 0 fully saturated rings. The third-order valence-electron chi connectivity index (χ3n) is 6.51. The lowest BCUT2D eigenvalue weighted by Gasteiger charge is -2.26. The lowest BCUT2D eigenvalue weighted by atomic mass is 9.91. The minimum absolute atomic E-state index is 0.0305. The summed E-state index contributed by atoms with van der Waals surface area (Å²) >= 11 is 0. The molecule has 7 heteroatoms. The van der Waals surface area contributed by atoms with Gasteiger partial charge in [-0.1, -0.05) is 18.2 Å². The SMILES string of the molecule is COc1cc2c(cc1OC)C1=NN(C(=O)Nc3c(C)cccc3C)C(c3ccncc3)C1C2. The van der Waals surface area contributed by atoms with Crippen LogP contribution in [0.15, 0.2) is 60.0 Å². The number of ether oxygens (including phenoxy) is 2. The van der Waals surface area contributed by atoms with Crippen LogP contribution in [0.3, 0.4) is 0 Å². The first kappa shape index (κ1) is 21.0. The van der Waals surface area contributed by atoms with Crippen molar-refractivity contribution in [1.29, 1.82) is 0 Å². The normalized spacial score (nSPS) is 18.4. The van der Waals surface area contributed by atoms with Crippen molar-refractivity contribution in [1.82, 2.24) is 9.99 Å². The number of pyridine rings is 1. The van der Waals surface area contributed by atoms with E-state index in [0.717, 1.165) is 45.6 Å². The number of aromatic nitrogens is 1. The van der Waals surface area contributed by atoms with Crippen molar-refractivity contribution in [3.05, 3.63) is 82.7 Å². The summed E-state index contributed by atoms with van der Waals surface area (Å²) in [5, 5.41) is 9.53. The van der Waals surface area contributed by atoms with E-state index in [-0.39, 0.29) is 18.0 Å². The number of hydrogen-bond donors (Lipinski definition) is 1. The Morgan fingerprint density at radius 3 is 2.36 bits per heavy atom. The Kier molecular flexibility index (Phi) is 5.24. The molecule has 2 atom stereocenters. The molecule has 3 aromatic rings. The highest BCUT2D eigenvalue weighted by Gasteiger charge is 2.46. The second-order valence-electron chi connectivity index (χ2n) is 8.43. The number of benzene rings is 2. The molecule has 2 unspecified atom stereocenters. The average molecular weight is 443 g/mol. The molecule has 2 amide bonds. The van der Waals surface area contributed by atoms with Crippen molar-refractivity contribution >= 4 is 17.4 Å². The molecular formula is C26H26N4O3. The Balaban J connectivity index is 1.57. The molecule has 0 saturated carbocycles. The fourth-order valence-electron chi connectivity index (χ4n) is 4.88. The number of fused-ring (bicyclic) bond motifs is 3. The molecule has 7 nitrogen and oxygen atoms in total. The zero-order chi connectivity index (χ0) is 23.1. The zero-order valence-corrected chi connectivity index (χ0v) is 19.1. The smallest absolute Gasteiger partial charge is 0.342 e. The molecular weight excluding hydrogens is 416 g/mol. The number of hydrazone groups is 1. The van der Waals surface area contributed by atoms with Crippen LogP contribution >= 0.6 is 0 Å². The number of methoxy groups -OCH3 is 2. The van der Waals surface area contributed by atoms with Crippen molar-refractivity contribution in [2.45, 2.75) is 26.3 Å². The molecule has 1 aromatic heterocycles. The van der Waals surface area contributed by atoms with Crippen molar-refractivity contribution in [2.24, 2.45) is 11.0 Å². The van der Waals surface area contributed by atoms with Crippen LogP contribution in [-0.4, -0.2) is 36.0 Å². The van der Waals surface area contributed by atoms with Gasteiger partial charge in [0, 0.05) is 29.6 Å². The van der Waals surface area contributed by atoms with Gasteiger partial charge in [0.25, 0.3) is 0 Å². The van der Waals surface area contributed by atoms with Gasteiger partial charge < -0.3 is 14.8 Å². The maximum absolute atomic E-state index is 13.5. The van der Waals surface area contributed by atoms with Crippen molar-refractivity contribution in [2.75, 3.05) is 19.5 Å². The lowest BCUT2D eigenvalue weighted by Crippen LogP contribution is -2.34. The predicted molar refractivity (Wildman–Crippen MR) is 127 cm³/mol. The van der Waals surface area contributed by atoms with Gasteiger partial charge in [0.2, 0.25) is 0 Å². The number of carbonyl (C=O) groups excluding carboxylic acids is 1. The van der Waals surface area contributed by atoms with E-state index in [4.69, 9.17) is 14.6 Å². The second kappa shape index (κ2) is 8.24. The number of para-hydroxylation sites is 1. The monoisotopic (exact) mass is 442 g/mol. The van der Waals surface area contributed by atoms with Crippen LogP contribution in [0.25, 0.3) is 0 Å². The van der Waals surface area contributed by atoms with Gasteiger partial charge in [0.1, 0.15) is 0 Å². The number of rotatable bonds is 4. The summed E-state index contributed by atoms with van der Waals surface area (Å²) in [6.45, 7) is 3.98. The summed E-state index contributed by atoms with van der Waals surface area (Å²) in [5.74, 6) is 1.38. The fourth-order valence-corrected chi connectivity index (χ4v) is 4.88. The van der Waals surface area contributed by atoms with Crippen LogP contribution in [0.4, 0.5) is 10.5 Å². The largest absolute Gasteiger partial charge is 0.493 e. The van der Waals surface area contributed by atoms with Crippen molar-refractivity contribution < 1.29 is 14.3 Å². The van der Waals surface area contributed by atoms with E-state index < -0.39 is 0 Å². The van der Waals surface area contributed by atoms with E-state index in [2.05, 4.69) is 10.3 Å². The van der Waals surface area contributed by atoms with Gasteiger partial charge in [-0.3, -0.25) is 4.98 Å². The molecule has 1 aliphatic carbocycles. The Hall–Kier alpha value is -3.87. The summed E-state index contributed by atoms with van der Waals surface area (Å²) in [5.41, 5.74) is 6.88. The Morgan fingerprint density at radius 1 is 1.03 bits per heavy atom. The van der Waals surface area contributed by atoms with E-state index >= 15 is 0 Å². The van der Waals surface area contributed by atoms with Crippen LogP contribution in [0.1, 0.15) is 33.9 Å². The minimum Gasteiger partial charge on any atom is -0.493 e. The second-order valence-corrected chi connectivity index (χ2v) is 8.43. The van der Waals surface area contributed by atoms with Gasteiger partial charge in [-0.25, -0.2) is 9.80 Å². The predicted octanol–water partition coefficient (Wildman–Crippen LogP) is 4.88. The molecule has 1 aliphatic heterocycles. The van der Waals surface area contributed by atoms with Crippen LogP contribution in [-0.2, 0) is 6.42 Å². The highest BCUT2D eigenvalue weighted by molar-refractivity contribution is 6.09. The molecule has 1 N–H and O–H groups in total. The van der Waals surface area contributed by atoms with Gasteiger partial charge in [-0.2, -0.15) is 5.10 Å². The molecule has 0 bridgehead atoms. The van der Waals surface area contributed by atoms with Crippen molar-refractivity contribution in [3.8, 4) is 11.5 Å². The van der Waals surface area contributed by atoms with E-state index in [1.165, 1.54) is 0 Å². The standard InChI is InChI=1S/C26H26N4O3/c1-15-6-5-7-16(2)23(15)28-26(31)30-25(17-8-10-27-11-9-17)20-12-18-13-21(32-3)22(33-4)14-19(18)24(20)29-30/h5-11,13-14,20,25H,12H2,1-4H3,(H,28,31). The molecule has 0 saturated heterocycles. The summed E-state index contributed by atoms with van der Waals surface area (Å²) in [6, 6.07) is 13.4.